The fraction of sp³-hybridized carbons (Fsp3) is 0.267. The first-order valence-corrected chi connectivity index (χ1v) is 7.38. The number of nitrogen functional groups attached to an aromatic ring is 1. The third kappa shape index (κ3) is 3.30. The van der Waals surface area contributed by atoms with Crippen molar-refractivity contribution in [3.63, 3.8) is 0 Å². The van der Waals surface area contributed by atoms with Crippen molar-refractivity contribution in [3.8, 4) is 0 Å². The van der Waals surface area contributed by atoms with E-state index in [2.05, 4.69) is 29.7 Å². The lowest BCUT2D eigenvalue weighted by molar-refractivity contribution is 0.0963. The molecule has 0 fully saturated rings. The van der Waals surface area contributed by atoms with Crippen molar-refractivity contribution in [2.24, 2.45) is 0 Å². The summed E-state index contributed by atoms with van der Waals surface area (Å²) in [4.78, 5) is 14.2. The Bertz CT molecular complexity index is 607. The first-order valence-electron chi connectivity index (χ1n) is 6.57. The summed E-state index contributed by atoms with van der Waals surface area (Å²) in [6.07, 6.45) is 1.05. The molecule has 0 aliphatic heterocycles. The molecule has 4 nitrogen and oxygen atoms in total. The van der Waals surface area contributed by atoms with E-state index in [0.29, 0.717) is 17.8 Å². The minimum atomic E-state index is -0.113. The highest BCUT2D eigenvalue weighted by atomic mass is 32.1. The van der Waals surface area contributed by atoms with Crippen molar-refractivity contribution in [2.75, 3.05) is 18.1 Å². The number of anilines is 2. The average molecular weight is 289 g/mol. The number of carbonyl (C=O) groups excluding carboxylic acids is 1. The molecule has 0 atom stereocenters. The number of nitrogens with one attached hydrogen (secondary N) is 2. The normalized spacial score (nSPS) is 10.3. The second-order valence-corrected chi connectivity index (χ2v) is 5.71. The van der Waals surface area contributed by atoms with Crippen molar-refractivity contribution in [1.82, 2.24) is 5.32 Å². The monoisotopic (exact) mass is 289 g/mol. The standard InChI is InChI=1S/C15H19N3OS/c1-3-11-5-6-12(20-11)9-18-14-8-10(15(19)17-2)4-7-13(14)16/h4-8,18H,3,9,16H2,1-2H3,(H,17,19). The van der Waals surface area contributed by atoms with Gasteiger partial charge in [0.25, 0.3) is 5.91 Å². The molecule has 0 radical (unpaired) electrons. The van der Waals surface area contributed by atoms with Gasteiger partial charge in [-0.3, -0.25) is 4.79 Å². The highest BCUT2D eigenvalue weighted by Gasteiger charge is 2.07. The lowest BCUT2D eigenvalue weighted by atomic mass is 10.1. The summed E-state index contributed by atoms with van der Waals surface area (Å²) < 4.78 is 0. The molecule has 0 aliphatic carbocycles. The number of nitrogens with two attached hydrogens (primary N) is 1. The van der Waals surface area contributed by atoms with Crippen LogP contribution in [0.4, 0.5) is 11.4 Å². The summed E-state index contributed by atoms with van der Waals surface area (Å²) in [5.74, 6) is -0.113. The second-order valence-electron chi connectivity index (χ2n) is 4.46. The van der Waals surface area contributed by atoms with Gasteiger partial charge in [-0.25, -0.2) is 0 Å². The van der Waals surface area contributed by atoms with E-state index in [1.54, 1.807) is 36.6 Å². The van der Waals surface area contributed by atoms with E-state index in [4.69, 9.17) is 5.73 Å². The Morgan fingerprint density at radius 3 is 2.65 bits per heavy atom. The lowest BCUT2D eigenvalue weighted by Gasteiger charge is -2.10. The number of aryl methyl sites for hydroxylation is 1. The summed E-state index contributed by atoms with van der Waals surface area (Å²) in [5, 5.41) is 5.90. The lowest BCUT2D eigenvalue weighted by Crippen LogP contribution is -2.18. The highest BCUT2D eigenvalue weighted by Crippen LogP contribution is 2.23. The third-order valence-corrected chi connectivity index (χ3v) is 4.29. The molecule has 4 N–H and O–H groups in total. The fourth-order valence-corrected chi connectivity index (χ4v) is 2.78. The van der Waals surface area contributed by atoms with Crippen molar-refractivity contribution >= 4 is 28.6 Å². The Labute approximate surface area is 123 Å². The molecule has 106 valence electrons. The van der Waals surface area contributed by atoms with E-state index in [9.17, 15) is 4.79 Å². The average Bonchev–Trinajstić information content (AvgIpc) is 2.93. The van der Waals surface area contributed by atoms with E-state index >= 15 is 0 Å². The molecule has 20 heavy (non-hydrogen) atoms. The van der Waals surface area contributed by atoms with Crippen molar-refractivity contribution in [2.45, 2.75) is 19.9 Å². The van der Waals surface area contributed by atoms with Gasteiger partial charge in [-0.15, -0.1) is 11.3 Å². The zero-order valence-corrected chi connectivity index (χ0v) is 12.5. The van der Waals surface area contributed by atoms with E-state index in [-0.39, 0.29) is 5.91 Å². The van der Waals surface area contributed by atoms with Crippen LogP contribution in [-0.2, 0) is 13.0 Å². The molecular formula is C15H19N3OS. The molecule has 1 aromatic carbocycles. The van der Waals surface area contributed by atoms with Crippen LogP contribution in [0.5, 0.6) is 0 Å². The largest absolute Gasteiger partial charge is 0.397 e. The summed E-state index contributed by atoms with van der Waals surface area (Å²) in [6.45, 7) is 2.86. The van der Waals surface area contributed by atoms with Gasteiger partial charge in [0.2, 0.25) is 0 Å². The molecule has 0 unspecified atom stereocenters. The molecule has 0 bridgehead atoms. The first-order chi connectivity index (χ1) is 9.63. The van der Waals surface area contributed by atoms with Crippen LogP contribution in [0, 0.1) is 0 Å². The quantitative estimate of drug-likeness (QED) is 0.741. The van der Waals surface area contributed by atoms with Gasteiger partial charge in [0.1, 0.15) is 0 Å². The molecule has 1 aromatic heterocycles. The smallest absolute Gasteiger partial charge is 0.251 e. The minimum Gasteiger partial charge on any atom is -0.397 e. The number of carbonyl (C=O) groups is 1. The van der Waals surface area contributed by atoms with E-state index < -0.39 is 0 Å². The number of hydrogen-bond acceptors (Lipinski definition) is 4. The maximum absolute atomic E-state index is 11.6. The van der Waals surface area contributed by atoms with Gasteiger partial charge in [0.15, 0.2) is 0 Å². The van der Waals surface area contributed by atoms with Gasteiger partial charge < -0.3 is 16.4 Å². The Morgan fingerprint density at radius 1 is 1.25 bits per heavy atom. The van der Waals surface area contributed by atoms with Crippen LogP contribution in [0.1, 0.15) is 27.0 Å². The predicted octanol–water partition coefficient (Wildman–Crippen LogP) is 2.86. The third-order valence-electron chi connectivity index (χ3n) is 3.06. The number of rotatable bonds is 5. The summed E-state index contributed by atoms with van der Waals surface area (Å²) in [7, 11) is 1.61. The SMILES string of the molecule is CCc1ccc(CNc2cc(C(=O)NC)ccc2N)s1. The molecule has 2 rings (SSSR count). The van der Waals surface area contributed by atoms with Crippen LogP contribution >= 0.6 is 11.3 Å². The van der Waals surface area contributed by atoms with E-state index in [0.717, 1.165) is 12.1 Å². The second kappa shape index (κ2) is 6.43. The molecule has 2 aromatic rings. The van der Waals surface area contributed by atoms with Crippen LogP contribution in [0.15, 0.2) is 30.3 Å². The molecule has 0 saturated heterocycles. The summed E-state index contributed by atoms with van der Waals surface area (Å²) in [5.41, 5.74) is 7.97. The predicted molar refractivity (Wildman–Crippen MR) is 85.3 cm³/mol. The van der Waals surface area contributed by atoms with Crippen molar-refractivity contribution in [1.29, 1.82) is 0 Å². The topological polar surface area (TPSA) is 67.2 Å². The van der Waals surface area contributed by atoms with Crippen LogP contribution < -0.4 is 16.4 Å². The zero-order valence-electron chi connectivity index (χ0n) is 11.7. The van der Waals surface area contributed by atoms with Gasteiger partial charge in [0.05, 0.1) is 11.4 Å². The number of thiophene rings is 1. The van der Waals surface area contributed by atoms with Gasteiger partial charge in [-0.05, 0) is 36.8 Å². The molecule has 5 heteroatoms. The maximum atomic E-state index is 11.6. The van der Waals surface area contributed by atoms with E-state index in [1.165, 1.54) is 9.75 Å². The Hall–Kier alpha value is -2.01. The van der Waals surface area contributed by atoms with Crippen LogP contribution in [0.2, 0.25) is 0 Å². The number of amides is 1. The fourth-order valence-electron chi connectivity index (χ4n) is 1.88. The first kappa shape index (κ1) is 14.4. The zero-order chi connectivity index (χ0) is 14.5. The number of benzene rings is 1. The van der Waals surface area contributed by atoms with Gasteiger partial charge >= 0.3 is 0 Å². The van der Waals surface area contributed by atoms with Crippen LogP contribution in [0.25, 0.3) is 0 Å². The minimum absolute atomic E-state index is 0.113. The summed E-state index contributed by atoms with van der Waals surface area (Å²) >= 11 is 1.79. The molecule has 0 spiro atoms. The Balaban J connectivity index is 2.10. The van der Waals surface area contributed by atoms with Gasteiger partial charge in [0, 0.05) is 28.9 Å². The molecule has 1 heterocycles. The molecule has 0 saturated carbocycles. The van der Waals surface area contributed by atoms with Crippen molar-refractivity contribution < 1.29 is 4.79 Å². The van der Waals surface area contributed by atoms with Crippen LogP contribution in [-0.4, -0.2) is 13.0 Å². The van der Waals surface area contributed by atoms with Gasteiger partial charge in [-0.1, -0.05) is 6.92 Å². The number of hydrogen-bond donors (Lipinski definition) is 3. The van der Waals surface area contributed by atoms with Crippen molar-refractivity contribution in [3.05, 3.63) is 45.6 Å². The Kier molecular flexibility index (Phi) is 4.63. The molecule has 1 amide bonds. The molecule has 0 aliphatic rings. The van der Waals surface area contributed by atoms with Gasteiger partial charge in [-0.2, -0.15) is 0 Å². The van der Waals surface area contributed by atoms with E-state index in [1.807, 2.05) is 0 Å². The molecular weight excluding hydrogens is 270 g/mol. The Morgan fingerprint density at radius 2 is 2.00 bits per heavy atom. The maximum Gasteiger partial charge on any atom is 0.251 e. The summed E-state index contributed by atoms with van der Waals surface area (Å²) in [6, 6.07) is 9.52. The van der Waals surface area contributed by atoms with Crippen LogP contribution in [0.3, 0.4) is 0 Å². The highest BCUT2D eigenvalue weighted by molar-refractivity contribution is 7.12.